The second-order valence-corrected chi connectivity index (χ2v) is 5.20. The van der Waals surface area contributed by atoms with Gasteiger partial charge in [-0.3, -0.25) is 0 Å². The van der Waals surface area contributed by atoms with E-state index in [1.807, 2.05) is 47.3 Å². The molecule has 1 aromatic carbocycles. The van der Waals surface area contributed by atoms with Gasteiger partial charge in [-0.1, -0.05) is 19.4 Å². The number of aromatic nitrogens is 3. The number of nitrogens with zero attached hydrogens (tertiary/aromatic N) is 4. The van der Waals surface area contributed by atoms with E-state index in [9.17, 15) is 0 Å². The minimum atomic E-state index is 0.537. The molecule has 23 heavy (non-hydrogen) atoms. The molecule has 0 aliphatic carbocycles. The Balaban J connectivity index is 1.96. The predicted octanol–water partition coefficient (Wildman–Crippen LogP) is 3.84. The molecule has 0 atom stereocenters. The first-order valence-electron chi connectivity index (χ1n) is 7.57. The van der Waals surface area contributed by atoms with Crippen LogP contribution in [0.5, 0.6) is 0 Å². The van der Waals surface area contributed by atoms with Crippen molar-refractivity contribution in [2.45, 2.75) is 19.8 Å². The quantitative estimate of drug-likeness (QED) is 0.777. The highest BCUT2D eigenvalue weighted by Crippen LogP contribution is 2.17. The minimum absolute atomic E-state index is 0.537. The van der Waals surface area contributed by atoms with Gasteiger partial charge in [0.1, 0.15) is 5.82 Å². The zero-order valence-electron chi connectivity index (χ0n) is 12.9. The van der Waals surface area contributed by atoms with Crippen LogP contribution < -0.4 is 5.32 Å². The molecular formula is C18H17N5. The van der Waals surface area contributed by atoms with Crippen molar-refractivity contribution < 1.29 is 0 Å². The van der Waals surface area contributed by atoms with Gasteiger partial charge < -0.3 is 9.88 Å². The summed E-state index contributed by atoms with van der Waals surface area (Å²) in [6, 6.07) is 15.3. The van der Waals surface area contributed by atoms with Gasteiger partial charge in [0.25, 0.3) is 0 Å². The van der Waals surface area contributed by atoms with E-state index in [4.69, 9.17) is 5.26 Å². The molecule has 3 rings (SSSR count). The van der Waals surface area contributed by atoms with Crippen LogP contribution in [0.15, 0.2) is 54.9 Å². The van der Waals surface area contributed by atoms with Gasteiger partial charge in [0.2, 0.25) is 5.95 Å². The number of hydrogen-bond donors (Lipinski definition) is 1. The summed E-state index contributed by atoms with van der Waals surface area (Å²) in [5.74, 6) is 1.36. The van der Waals surface area contributed by atoms with Gasteiger partial charge in [-0.2, -0.15) is 10.2 Å². The highest BCUT2D eigenvalue weighted by atomic mass is 15.2. The van der Waals surface area contributed by atoms with Gasteiger partial charge in [0, 0.05) is 29.8 Å². The third-order valence-corrected chi connectivity index (χ3v) is 3.39. The molecule has 3 aromatic rings. The zero-order chi connectivity index (χ0) is 16.1. The van der Waals surface area contributed by atoms with Crippen molar-refractivity contribution in [3.8, 4) is 11.9 Å². The van der Waals surface area contributed by atoms with Crippen LogP contribution in [0.2, 0.25) is 0 Å². The number of aryl methyl sites for hydroxylation is 1. The lowest BCUT2D eigenvalue weighted by molar-refractivity contribution is 0.862. The van der Waals surface area contributed by atoms with Crippen LogP contribution in [-0.2, 0) is 6.42 Å². The average molecular weight is 303 g/mol. The molecule has 1 N–H and O–H groups in total. The normalized spacial score (nSPS) is 10.3. The highest BCUT2D eigenvalue weighted by molar-refractivity contribution is 5.57. The molecule has 0 radical (unpaired) electrons. The first-order chi connectivity index (χ1) is 11.3. The number of anilines is 2. The van der Waals surface area contributed by atoms with Crippen LogP contribution in [0.3, 0.4) is 0 Å². The van der Waals surface area contributed by atoms with E-state index in [0.717, 1.165) is 30.0 Å². The Morgan fingerprint density at radius 1 is 1.13 bits per heavy atom. The summed E-state index contributed by atoms with van der Waals surface area (Å²) >= 11 is 0. The van der Waals surface area contributed by atoms with E-state index in [2.05, 4.69) is 28.3 Å². The Bertz CT molecular complexity index is 831. The van der Waals surface area contributed by atoms with Gasteiger partial charge in [0.15, 0.2) is 0 Å². The molecule has 0 spiro atoms. The number of nitriles is 1. The number of nitrogens with one attached hydrogen (secondary N) is 1. The van der Waals surface area contributed by atoms with Crippen molar-refractivity contribution in [3.05, 3.63) is 66.1 Å². The Morgan fingerprint density at radius 3 is 2.70 bits per heavy atom. The van der Waals surface area contributed by atoms with Gasteiger partial charge in [-0.15, -0.1) is 0 Å². The molecule has 2 heterocycles. The smallest absolute Gasteiger partial charge is 0.229 e. The number of hydrogen-bond acceptors (Lipinski definition) is 4. The van der Waals surface area contributed by atoms with E-state index in [1.54, 1.807) is 12.1 Å². The Kier molecular flexibility index (Phi) is 4.34. The second-order valence-electron chi connectivity index (χ2n) is 5.20. The molecule has 0 fully saturated rings. The summed E-state index contributed by atoms with van der Waals surface area (Å²) in [7, 11) is 0. The van der Waals surface area contributed by atoms with E-state index in [0.29, 0.717) is 11.5 Å². The molecule has 0 saturated heterocycles. The van der Waals surface area contributed by atoms with E-state index in [-0.39, 0.29) is 0 Å². The van der Waals surface area contributed by atoms with Crippen molar-refractivity contribution in [2.75, 3.05) is 5.32 Å². The van der Waals surface area contributed by atoms with Crippen molar-refractivity contribution >= 4 is 11.6 Å². The highest BCUT2D eigenvalue weighted by Gasteiger charge is 2.06. The monoisotopic (exact) mass is 303 g/mol. The third-order valence-electron chi connectivity index (χ3n) is 3.39. The van der Waals surface area contributed by atoms with E-state index >= 15 is 0 Å². The topological polar surface area (TPSA) is 66.5 Å². The van der Waals surface area contributed by atoms with Gasteiger partial charge in [0.05, 0.1) is 11.6 Å². The molecular weight excluding hydrogens is 286 g/mol. The van der Waals surface area contributed by atoms with Crippen LogP contribution in [0, 0.1) is 11.3 Å². The van der Waals surface area contributed by atoms with Crippen LogP contribution in [0.1, 0.15) is 24.6 Å². The fourth-order valence-electron chi connectivity index (χ4n) is 2.34. The van der Waals surface area contributed by atoms with E-state index in [1.165, 1.54) is 0 Å². The molecule has 2 aromatic heterocycles. The van der Waals surface area contributed by atoms with Crippen LogP contribution in [0.25, 0.3) is 5.82 Å². The number of rotatable bonds is 5. The molecule has 114 valence electrons. The molecule has 0 aliphatic heterocycles. The largest absolute Gasteiger partial charge is 0.324 e. The van der Waals surface area contributed by atoms with Crippen LogP contribution in [-0.4, -0.2) is 14.5 Å². The van der Waals surface area contributed by atoms with Crippen molar-refractivity contribution in [1.82, 2.24) is 14.5 Å². The minimum Gasteiger partial charge on any atom is -0.324 e. The van der Waals surface area contributed by atoms with Crippen molar-refractivity contribution in [1.29, 1.82) is 5.26 Å². The molecule has 0 bridgehead atoms. The summed E-state index contributed by atoms with van der Waals surface area (Å²) in [6.45, 7) is 2.13. The van der Waals surface area contributed by atoms with Crippen molar-refractivity contribution in [2.24, 2.45) is 0 Å². The summed E-state index contributed by atoms with van der Waals surface area (Å²) in [4.78, 5) is 9.13. The van der Waals surface area contributed by atoms with Gasteiger partial charge >= 0.3 is 0 Å². The Labute approximate surface area is 135 Å². The zero-order valence-corrected chi connectivity index (χ0v) is 12.9. The first kappa shape index (κ1) is 14.8. The molecule has 0 amide bonds. The summed E-state index contributed by atoms with van der Waals surface area (Å²) in [5, 5.41) is 12.2. The molecule has 0 aliphatic rings. The SMILES string of the molecule is CCCc1cc(-n2cccc2)nc(Nc2cccc(C#N)c2)n1. The fraction of sp³-hybridized carbons (Fsp3) is 0.167. The van der Waals surface area contributed by atoms with Crippen LogP contribution >= 0.6 is 0 Å². The maximum absolute atomic E-state index is 9.00. The molecule has 5 nitrogen and oxygen atoms in total. The standard InChI is InChI=1S/C18H17N5/c1-2-6-15-12-17(23-9-3-4-10-23)22-18(20-15)21-16-8-5-7-14(11-16)13-19/h3-5,7-12H,2,6H2,1H3,(H,20,21,22). The summed E-state index contributed by atoms with van der Waals surface area (Å²) in [6.07, 6.45) is 5.82. The second kappa shape index (κ2) is 6.75. The van der Waals surface area contributed by atoms with Gasteiger partial charge in [-0.05, 0) is 36.8 Å². The number of benzene rings is 1. The molecule has 5 heteroatoms. The lowest BCUT2D eigenvalue weighted by atomic mass is 10.2. The Hall–Kier alpha value is -3.13. The Morgan fingerprint density at radius 2 is 1.96 bits per heavy atom. The van der Waals surface area contributed by atoms with Gasteiger partial charge in [-0.25, -0.2) is 4.98 Å². The molecule has 0 unspecified atom stereocenters. The fourth-order valence-corrected chi connectivity index (χ4v) is 2.34. The average Bonchev–Trinajstić information content (AvgIpc) is 3.10. The lowest BCUT2D eigenvalue weighted by Crippen LogP contribution is -2.05. The summed E-state index contributed by atoms with van der Waals surface area (Å²) in [5.41, 5.74) is 2.40. The maximum atomic E-state index is 9.00. The predicted molar refractivity (Wildman–Crippen MR) is 89.8 cm³/mol. The molecule has 0 saturated carbocycles. The summed E-state index contributed by atoms with van der Waals surface area (Å²) < 4.78 is 1.96. The maximum Gasteiger partial charge on any atom is 0.229 e. The van der Waals surface area contributed by atoms with E-state index < -0.39 is 0 Å². The first-order valence-corrected chi connectivity index (χ1v) is 7.57. The van der Waals surface area contributed by atoms with Crippen LogP contribution in [0.4, 0.5) is 11.6 Å². The van der Waals surface area contributed by atoms with Crippen molar-refractivity contribution in [3.63, 3.8) is 0 Å². The third kappa shape index (κ3) is 3.55. The lowest BCUT2D eigenvalue weighted by Gasteiger charge is -2.10.